The molecule has 0 saturated carbocycles. The maximum atomic E-state index is 5.89. The van der Waals surface area contributed by atoms with Crippen LogP contribution in [0.25, 0.3) is 0 Å². The average Bonchev–Trinajstić information content (AvgIpc) is 2.55. The van der Waals surface area contributed by atoms with E-state index < -0.39 is 0 Å². The molecule has 124 valence electrons. The minimum atomic E-state index is 0.155. The summed E-state index contributed by atoms with van der Waals surface area (Å²) in [6.45, 7) is 7.71. The highest BCUT2D eigenvalue weighted by Crippen LogP contribution is 2.27. The molecule has 0 atom stereocenters. The summed E-state index contributed by atoms with van der Waals surface area (Å²) in [4.78, 5) is 0. The Morgan fingerprint density at radius 1 is 0.957 bits per heavy atom. The van der Waals surface area contributed by atoms with E-state index in [0.29, 0.717) is 6.54 Å². The van der Waals surface area contributed by atoms with Gasteiger partial charge in [0.25, 0.3) is 0 Å². The highest BCUT2D eigenvalue weighted by molar-refractivity contribution is 5.56. The summed E-state index contributed by atoms with van der Waals surface area (Å²) in [6, 6.07) is 16.2. The van der Waals surface area contributed by atoms with Crippen LogP contribution in [0.3, 0.4) is 0 Å². The zero-order valence-corrected chi connectivity index (χ0v) is 14.3. The van der Waals surface area contributed by atoms with Crippen LogP contribution in [0.4, 0.5) is 5.69 Å². The van der Waals surface area contributed by atoms with Gasteiger partial charge >= 0.3 is 0 Å². The van der Waals surface area contributed by atoms with E-state index in [-0.39, 0.29) is 6.10 Å². The molecule has 3 nitrogen and oxygen atoms in total. The number of hydrogen-bond acceptors (Lipinski definition) is 3. The van der Waals surface area contributed by atoms with Gasteiger partial charge in [-0.15, -0.1) is 0 Å². The first-order valence-corrected chi connectivity index (χ1v) is 8.41. The molecule has 0 aromatic heterocycles. The van der Waals surface area contributed by atoms with Gasteiger partial charge in [-0.05, 0) is 38.5 Å². The Labute approximate surface area is 139 Å². The topological polar surface area (TPSA) is 30.5 Å². The Bertz CT molecular complexity index is 596. The van der Waals surface area contributed by atoms with E-state index in [1.807, 2.05) is 56.3 Å². The number of nitrogens with one attached hydrogen (secondary N) is 1. The number of rotatable bonds is 9. The van der Waals surface area contributed by atoms with Gasteiger partial charge in [0.1, 0.15) is 11.5 Å². The second kappa shape index (κ2) is 9.09. The van der Waals surface area contributed by atoms with Gasteiger partial charge in [0, 0.05) is 12.1 Å². The van der Waals surface area contributed by atoms with Crippen LogP contribution in [0, 0.1) is 0 Å². The molecular weight excluding hydrogens is 286 g/mol. The minimum absolute atomic E-state index is 0.155. The molecule has 0 aliphatic carbocycles. The molecule has 3 heteroatoms. The zero-order valence-electron chi connectivity index (χ0n) is 14.3. The molecule has 23 heavy (non-hydrogen) atoms. The number of hydrogen-bond donors (Lipinski definition) is 1. The lowest BCUT2D eigenvalue weighted by atomic mass is 10.2. The number of para-hydroxylation sites is 3. The Hall–Kier alpha value is -2.16. The second-order valence-electron chi connectivity index (χ2n) is 5.83. The van der Waals surface area contributed by atoms with E-state index in [0.717, 1.165) is 42.2 Å². The van der Waals surface area contributed by atoms with Gasteiger partial charge in [-0.2, -0.15) is 0 Å². The molecule has 0 heterocycles. The monoisotopic (exact) mass is 313 g/mol. The van der Waals surface area contributed by atoms with Crippen LogP contribution in [0.5, 0.6) is 11.5 Å². The summed E-state index contributed by atoms with van der Waals surface area (Å²) in [5, 5.41) is 3.46. The van der Waals surface area contributed by atoms with Crippen molar-refractivity contribution in [3.05, 3.63) is 54.1 Å². The summed E-state index contributed by atoms with van der Waals surface area (Å²) in [5.41, 5.74) is 2.16. The lowest BCUT2D eigenvalue weighted by Gasteiger charge is -2.16. The quantitative estimate of drug-likeness (QED) is 0.640. The van der Waals surface area contributed by atoms with Crippen molar-refractivity contribution in [3.8, 4) is 11.5 Å². The fourth-order valence-electron chi connectivity index (χ4n) is 2.28. The smallest absolute Gasteiger partial charge is 0.142 e. The molecule has 0 fully saturated rings. The first-order chi connectivity index (χ1) is 11.2. The lowest BCUT2D eigenvalue weighted by Crippen LogP contribution is -2.09. The van der Waals surface area contributed by atoms with E-state index >= 15 is 0 Å². The van der Waals surface area contributed by atoms with Crippen molar-refractivity contribution in [2.75, 3.05) is 11.9 Å². The molecule has 0 saturated heterocycles. The van der Waals surface area contributed by atoms with Gasteiger partial charge in [-0.25, -0.2) is 0 Å². The summed E-state index contributed by atoms with van der Waals surface area (Å²) in [6.07, 6.45) is 2.37. The third-order valence-electron chi connectivity index (χ3n) is 3.45. The van der Waals surface area contributed by atoms with Gasteiger partial charge in [0.05, 0.1) is 18.4 Å². The third-order valence-corrected chi connectivity index (χ3v) is 3.45. The van der Waals surface area contributed by atoms with E-state index in [1.165, 1.54) is 0 Å². The molecule has 0 spiro atoms. The Kier molecular flexibility index (Phi) is 6.79. The highest BCUT2D eigenvalue weighted by Gasteiger charge is 2.07. The predicted molar refractivity (Wildman–Crippen MR) is 96.4 cm³/mol. The molecule has 0 unspecified atom stereocenters. The largest absolute Gasteiger partial charge is 0.493 e. The van der Waals surface area contributed by atoms with Crippen molar-refractivity contribution >= 4 is 5.69 Å². The van der Waals surface area contributed by atoms with Crippen LogP contribution < -0.4 is 14.8 Å². The number of unbranched alkanes of at least 4 members (excludes halogenated alkanes) is 1. The molecule has 0 aliphatic rings. The molecule has 2 aromatic carbocycles. The Morgan fingerprint density at radius 2 is 1.65 bits per heavy atom. The van der Waals surface area contributed by atoms with Crippen molar-refractivity contribution in [1.29, 1.82) is 0 Å². The fraction of sp³-hybridized carbons (Fsp3) is 0.400. The predicted octanol–water partition coefficient (Wildman–Crippen LogP) is 5.26. The fourth-order valence-corrected chi connectivity index (χ4v) is 2.28. The molecule has 2 aromatic rings. The van der Waals surface area contributed by atoms with Gasteiger partial charge in [-0.1, -0.05) is 43.7 Å². The van der Waals surface area contributed by atoms with Gasteiger partial charge in [0.15, 0.2) is 0 Å². The van der Waals surface area contributed by atoms with E-state index in [2.05, 4.69) is 18.3 Å². The first kappa shape index (κ1) is 17.2. The summed E-state index contributed by atoms with van der Waals surface area (Å²) < 4.78 is 11.7. The summed E-state index contributed by atoms with van der Waals surface area (Å²) in [7, 11) is 0. The zero-order chi connectivity index (χ0) is 16.5. The first-order valence-electron chi connectivity index (χ1n) is 8.41. The molecular formula is C20H27NO2. The summed E-state index contributed by atoms with van der Waals surface area (Å²) >= 11 is 0. The number of ether oxygens (including phenoxy) is 2. The maximum absolute atomic E-state index is 5.89. The molecule has 0 radical (unpaired) electrons. The van der Waals surface area contributed by atoms with Crippen molar-refractivity contribution in [1.82, 2.24) is 0 Å². The van der Waals surface area contributed by atoms with Crippen LogP contribution in [0.15, 0.2) is 48.5 Å². The van der Waals surface area contributed by atoms with E-state index in [1.54, 1.807) is 0 Å². The van der Waals surface area contributed by atoms with Crippen LogP contribution >= 0.6 is 0 Å². The minimum Gasteiger partial charge on any atom is -0.493 e. The standard InChI is InChI=1S/C20H27NO2/c1-4-5-14-22-19-12-8-6-10-17(19)15-21-18-11-7-9-13-20(18)23-16(2)3/h6-13,16,21H,4-5,14-15H2,1-3H3. The van der Waals surface area contributed by atoms with Crippen LogP contribution in [-0.2, 0) is 6.54 Å². The van der Waals surface area contributed by atoms with E-state index in [4.69, 9.17) is 9.47 Å². The van der Waals surface area contributed by atoms with Crippen molar-refractivity contribution in [2.45, 2.75) is 46.3 Å². The average molecular weight is 313 g/mol. The second-order valence-corrected chi connectivity index (χ2v) is 5.83. The van der Waals surface area contributed by atoms with Crippen LogP contribution in [0.2, 0.25) is 0 Å². The van der Waals surface area contributed by atoms with Crippen LogP contribution in [0.1, 0.15) is 39.2 Å². The van der Waals surface area contributed by atoms with Crippen molar-refractivity contribution in [3.63, 3.8) is 0 Å². The normalized spacial score (nSPS) is 10.6. The lowest BCUT2D eigenvalue weighted by molar-refractivity contribution is 0.243. The van der Waals surface area contributed by atoms with Crippen molar-refractivity contribution < 1.29 is 9.47 Å². The SMILES string of the molecule is CCCCOc1ccccc1CNc1ccccc1OC(C)C. The Balaban J connectivity index is 2.03. The Morgan fingerprint density at radius 3 is 2.39 bits per heavy atom. The van der Waals surface area contributed by atoms with Gasteiger partial charge in [-0.3, -0.25) is 0 Å². The molecule has 0 aliphatic heterocycles. The summed E-state index contributed by atoms with van der Waals surface area (Å²) in [5.74, 6) is 1.84. The number of anilines is 1. The highest BCUT2D eigenvalue weighted by atomic mass is 16.5. The van der Waals surface area contributed by atoms with Crippen molar-refractivity contribution in [2.24, 2.45) is 0 Å². The van der Waals surface area contributed by atoms with E-state index in [9.17, 15) is 0 Å². The van der Waals surface area contributed by atoms with Crippen LogP contribution in [-0.4, -0.2) is 12.7 Å². The third kappa shape index (κ3) is 5.51. The molecule has 0 amide bonds. The maximum Gasteiger partial charge on any atom is 0.142 e. The van der Waals surface area contributed by atoms with Gasteiger partial charge in [0.2, 0.25) is 0 Å². The van der Waals surface area contributed by atoms with Gasteiger partial charge < -0.3 is 14.8 Å². The molecule has 0 bridgehead atoms. The number of benzene rings is 2. The molecule has 2 rings (SSSR count). The molecule has 1 N–H and O–H groups in total.